The lowest BCUT2D eigenvalue weighted by molar-refractivity contribution is 0.199. The molecule has 0 aromatic carbocycles. The van der Waals surface area contributed by atoms with Crippen molar-refractivity contribution in [2.75, 3.05) is 20.2 Å². The van der Waals surface area contributed by atoms with E-state index < -0.39 is 0 Å². The van der Waals surface area contributed by atoms with Gasteiger partial charge in [-0.3, -0.25) is 0 Å². The summed E-state index contributed by atoms with van der Waals surface area (Å²) in [7, 11) is 1.77. The molecule has 2 atom stereocenters. The van der Waals surface area contributed by atoms with E-state index in [9.17, 15) is 0 Å². The number of fused-ring (bicyclic) bond motifs is 5. The summed E-state index contributed by atoms with van der Waals surface area (Å²) in [5.74, 6) is 2.69. The molecule has 2 heterocycles. The van der Waals surface area contributed by atoms with Crippen LogP contribution in [0, 0.1) is 11.8 Å². The van der Waals surface area contributed by atoms with Crippen LogP contribution < -0.4 is 0 Å². The molecule has 0 spiro atoms. The summed E-state index contributed by atoms with van der Waals surface area (Å²) in [5, 5.41) is 0. The maximum absolute atomic E-state index is 5.41. The highest BCUT2D eigenvalue weighted by Crippen LogP contribution is 2.47. The fourth-order valence-electron chi connectivity index (χ4n) is 4.41. The number of nitrogens with zero attached hydrogens (tertiary/aromatic N) is 1. The fraction of sp³-hybridized carbons (Fsp3) is 0.556. The topological polar surface area (TPSA) is 12.5 Å². The van der Waals surface area contributed by atoms with E-state index in [4.69, 9.17) is 4.74 Å². The molecule has 0 aromatic rings. The monoisotopic (exact) mass is 269 g/mol. The van der Waals surface area contributed by atoms with Crippen LogP contribution in [-0.2, 0) is 4.74 Å². The van der Waals surface area contributed by atoms with Crippen molar-refractivity contribution in [2.24, 2.45) is 11.8 Å². The molecule has 1 saturated heterocycles. The Hall–Kier alpha value is -1.44. The van der Waals surface area contributed by atoms with E-state index in [1.807, 2.05) is 0 Å². The van der Waals surface area contributed by atoms with Gasteiger partial charge in [0.15, 0.2) is 0 Å². The molecule has 0 radical (unpaired) electrons. The normalized spacial score (nSPS) is 31.9. The van der Waals surface area contributed by atoms with E-state index >= 15 is 0 Å². The number of ether oxygens (including phenoxy) is 1. The molecule has 0 N–H and O–H groups in total. The molecule has 0 bridgehead atoms. The van der Waals surface area contributed by atoms with Gasteiger partial charge in [-0.1, -0.05) is 24.1 Å². The van der Waals surface area contributed by atoms with E-state index in [0.29, 0.717) is 0 Å². The summed E-state index contributed by atoms with van der Waals surface area (Å²) >= 11 is 0. The number of rotatable bonds is 1. The Kier molecular flexibility index (Phi) is 2.98. The first-order valence-electron chi connectivity index (χ1n) is 7.97. The standard InChI is InChI=1S/C18H23NO/c1-20-14-7-9-18-17-8-6-13-4-2-3-5-15(13)16(17)10-11-19(18)12-14/h6-9,15-16H,2-5,10-12H2,1H3. The predicted molar refractivity (Wildman–Crippen MR) is 81.0 cm³/mol. The van der Waals surface area contributed by atoms with Gasteiger partial charge in [-0.15, -0.1) is 0 Å². The Morgan fingerprint density at radius 2 is 2.00 bits per heavy atom. The van der Waals surface area contributed by atoms with Gasteiger partial charge in [-0.05, 0) is 55.2 Å². The van der Waals surface area contributed by atoms with Crippen LogP contribution in [0.25, 0.3) is 0 Å². The highest BCUT2D eigenvalue weighted by molar-refractivity contribution is 5.46. The van der Waals surface area contributed by atoms with Crippen LogP contribution in [0.1, 0.15) is 32.1 Å². The molecule has 0 amide bonds. The molecule has 20 heavy (non-hydrogen) atoms. The van der Waals surface area contributed by atoms with Crippen LogP contribution in [0.15, 0.2) is 46.9 Å². The number of hydrogen-bond acceptors (Lipinski definition) is 2. The van der Waals surface area contributed by atoms with Crippen molar-refractivity contribution in [1.29, 1.82) is 0 Å². The minimum atomic E-state index is 0.773. The maximum Gasteiger partial charge on any atom is 0.115 e. The SMILES string of the molecule is COC1=CC=C2C3=CC=C4CCCCC4C3CCN2C1. The molecular weight excluding hydrogens is 246 g/mol. The first kappa shape index (κ1) is 12.3. The minimum Gasteiger partial charge on any atom is -0.499 e. The van der Waals surface area contributed by atoms with Gasteiger partial charge in [0.05, 0.1) is 13.7 Å². The predicted octanol–water partition coefficient (Wildman–Crippen LogP) is 3.79. The summed E-state index contributed by atoms with van der Waals surface area (Å²) in [6, 6.07) is 0. The van der Waals surface area contributed by atoms with Gasteiger partial charge in [0, 0.05) is 12.2 Å². The number of allylic oxidation sites excluding steroid dienone is 6. The van der Waals surface area contributed by atoms with Gasteiger partial charge in [-0.25, -0.2) is 0 Å². The Balaban J connectivity index is 1.70. The zero-order valence-electron chi connectivity index (χ0n) is 12.3. The Bertz CT molecular complexity index is 538. The van der Waals surface area contributed by atoms with Gasteiger partial charge < -0.3 is 9.64 Å². The third-order valence-electron chi connectivity index (χ3n) is 5.45. The van der Waals surface area contributed by atoms with Crippen molar-refractivity contribution < 1.29 is 4.74 Å². The third-order valence-corrected chi connectivity index (χ3v) is 5.45. The summed E-state index contributed by atoms with van der Waals surface area (Å²) < 4.78 is 5.41. The van der Waals surface area contributed by atoms with Gasteiger partial charge in [-0.2, -0.15) is 0 Å². The Morgan fingerprint density at radius 1 is 1.05 bits per heavy atom. The Morgan fingerprint density at radius 3 is 2.90 bits per heavy atom. The highest BCUT2D eigenvalue weighted by Gasteiger charge is 2.37. The lowest BCUT2D eigenvalue weighted by Gasteiger charge is -2.45. The van der Waals surface area contributed by atoms with Gasteiger partial charge >= 0.3 is 0 Å². The largest absolute Gasteiger partial charge is 0.499 e. The second-order valence-electron chi connectivity index (χ2n) is 6.42. The van der Waals surface area contributed by atoms with Crippen molar-refractivity contribution in [1.82, 2.24) is 4.90 Å². The van der Waals surface area contributed by atoms with Crippen molar-refractivity contribution in [3.05, 3.63) is 46.9 Å². The van der Waals surface area contributed by atoms with E-state index in [1.165, 1.54) is 44.3 Å². The molecule has 1 saturated carbocycles. The second kappa shape index (κ2) is 4.83. The Labute approximate surface area is 121 Å². The average Bonchev–Trinajstić information content (AvgIpc) is 2.53. The molecular formula is C18H23NO. The van der Waals surface area contributed by atoms with E-state index in [0.717, 1.165) is 24.1 Å². The molecule has 4 aliphatic rings. The fourth-order valence-corrected chi connectivity index (χ4v) is 4.41. The van der Waals surface area contributed by atoms with Crippen molar-refractivity contribution in [3.63, 3.8) is 0 Å². The molecule has 2 unspecified atom stereocenters. The number of hydrogen-bond donors (Lipinski definition) is 0. The molecule has 2 nitrogen and oxygen atoms in total. The van der Waals surface area contributed by atoms with Gasteiger partial charge in [0.25, 0.3) is 0 Å². The van der Waals surface area contributed by atoms with E-state index in [2.05, 4.69) is 29.2 Å². The van der Waals surface area contributed by atoms with Crippen LogP contribution in [0.4, 0.5) is 0 Å². The van der Waals surface area contributed by atoms with Crippen LogP contribution in [0.3, 0.4) is 0 Å². The number of methoxy groups -OCH3 is 1. The van der Waals surface area contributed by atoms with Crippen LogP contribution >= 0.6 is 0 Å². The molecule has 0 aromatic heterocycles. The van der Waals surface area contributed by atoms with Crippen LogP contribution in [-0.4, -0.2) is 25.1 Å². The summed E-state index contributed by atoms with van der Waals surface area (Å²) in [4.78, 5) is 2.49. The summed E-state index contributed by atoms with van der Waals surface area (Å²) in [5.41, 5.74) is 4.75. The molecule has 2 aliphatic carbocycles. The van der Waals surface area contributed by atoms with Crippen molar-refractivity contribution in [3.8, 4) is 0 Å². The van der Waals surface area contributed by atoms with Crippen molar-refractivity contribution in [2.45, 2.75) is 32.1 Å². The minimum absolute atomic E-state index is 0.773. The first-order valence-corrected chi connectivity index (χ1v) is 7.97. The number of piperidine rings is 1. The van der Waals surface area contributed by atoms with Gasteiger partial charge in [0.1, 0.15) is 5.76 Å². The summed E-state index contributed by atoms with van der Waals surface area (Å²) in [6.07, 6.45) is 16.1. The quantitative estimate of drug-likeness (QED) is 0.718. The third kappa shape index (κ3) is 1.85. The average molecular weight is 269 g/mol. The molecule has 106 valence electrons. The molecule has 2 aliphatic heterocycles. The second-order valence-corrected chi connectivity index (χ2v) is 6.42. The molecule has 2 fully saturated rings. The van der Waals surface area contributed by atoms with E-state index in [1.54, 1.807) is 18.3 Å². The lowest BCUT2D eigenvalue weighted by atomic mass is 9.67. The molecule has 2 heteroatoms. The highest BCUT2D eigenvalue weighted by atomic mass is 16.5. The first-order chi connectivity index (χ1) is 9.86. The van der Waals surface area contributed by atoms with E-state index in [-0.39, 0.29) is 0 Å². The zero-order chi connectivity index (χ0) is 13.5. The smallest absolute Gasteiger partial charge is 0.115 e. The maximum atomic E-state index is 5.41. The lowest BCUT2D eigenvalue weighted by Crippen LogP contribution is -2.40. The molecule has 4 rings (SSSR count). The van der Waals surface area contributed by atoms with Crippen molar-refractivity contribution >= 4 is 0 Å². The zero-order valence-corrected chi connectivity index (χ0v) is 12.3. The summed E-state index contributed by atoms with van der Waals surface area (Å²) in [6.45, 7) is 2.12. The van der Waals surface area contributed by atoms with Crippen LogP contribution in [0.2, 0.25) is 0 Å². The van der Waals surface area contributed by atoms with Crippen LogP contribution in [0.5, 0.6) is 0 Å². The van der Waals surface area contributed by atoms with Gasteiger partial charge in [0.2, 0.25) is 0 Å².